The van der Waals surface area contributed by atoms with Crippen LogP contribution in [0.5, 0.6) is 0 Å². The predicted octanol–water partition coefficient (Wildman–Crippen LogP) is 6.73. The highest BCUT2D eigenvalue weighted by molar-refractivity contribution is 6.35. The Morgan fingerprint density at radius 3 is 2.26 bits per heavy atom. The summed E-state index contributed by atoms with van der Waals surface area (Å²) in [6.45, 7) is 2.01. The molecule has 0 unspecified atom stereocenters. The monoisotopic (exact) mass is 630 g/mol. The van der Waals surface area contributed by atoms with E-state index in [0.29, 0.717) is 36.7 Å². The number of aliphatic hydroxyl groups is 1. The first-order valence-electron chi connectivity index (χ1n) is 11.8. The summed E-state index contributed by atoms with van der Waals surface area (Å²) in [5.74, 6) is -0.00463. The lowest BCUT2D eigenvalue weighted by Gasteiger charge is -2.31. The largest absolute Gasteiger partial charge is 0.383 e. The average molecular weight is 633 g/mol. The Bertz CT molecular complexity index is 1520. The van der Waals surface area contributed by atoms with Crippen LogP contribution in [-0.2, 0) is 27.4 Å². The topological polar surface area (TPSA) is 105 Å². The molecule has 5 rings (SSSR count). The molecule has 1 aliphatic heterocycles. The van der Waals surface area contributed by atoms with Gasteiger partial charge in [-0.1, -0.05) is 70.1 Å². The van der Waals surface area contributed by atoms with Crippen molar-refractivity contribution in [2.24, 2.45) is 0 Å². The molecule has 39 heavy (non-hydrogen) atoms. The summed E-state index contributed by atoms with van der Waals surface area (Å²) in [5, 5.41) is 14.5. The number of rotatable bonds is 8. The lowest BCUT2D eigenvalue weighted by Crippen LogP contribution is -2.46. The van der Waals surface area contributed by atoms with Gasteiger partial charge in [0.2, 0.25) is 5.95 Å². The van der Waals surface area contributed by atoms with Crippen LogP contribution in [0.1, 0.15) is 24.3 Å². The number of hydrogen-bond acceptors (Lipinski definition) is 7. The van der Waals surface area contributed by atoms with E-state index < -0.39 is 24.0 Å². The van der Waals surface area contributed by atoms with E-state index in [0.717, 1.165) is 5.56 Å². The van der Waals surface area contributed by atoms with E-state index in [2.05, 4.69) is 9.97 Å². The second kappa shape index (κ2) is 11.6. The third-order valence-electron chi connectivity index (χ3n) is 6.50. The van der Waals surface area contributed by atoms with Gasteiger partial charge in [-0.2, -0.15) is 4.98 Å². The minimum atomic E-state index is -1.54. The number of fused-ring (bicyclic) bond motifs is 1. The fraction of sp³-hybridized carbons (Fsp3) is 0.308. The maximum atomic E-state index is 11.8. The number of ether oxygens (including phenoxy) is 3. The Hall–Kier alpha value is -1.85. The van der Waals surface area contributed by atoms with Gasteiger partial charge in [-0.3, -0.25) is 0 Å². The highest BCUT2D eigenvalue weighted by Crippen LogP contribution is 2.42. The third-order valence-corrected chi connectivity index (χ3v) is 7.96. The van der Waals surface area contributed by atoms with Crippen molar-refractivity contribution in [2.75, 3.05) is 12.3 Å². The highest BCUT2D eigenvalue weighted by Gasteiger charge is 2.55. The quantitative estimate of drug-likeness (QED) is 0.208. The molecule has 2 aromatic carbocycles. The molecular weight excluding hydrogens is 610 g/mol. The Morgan fingerprint density at radius 2 is 1.62 bits per heavy atom. The molecule has 0 amide bonds. The van der Waals surface area contributed by atoms with Gasteiger partial charge in [0.05, 0.1) is 25.2 Å². The fourth-order valence-electron chi connectivity index (χ4n) is 4.59. The van der Waals surface area contributed by atoms with Gasteiger partial charge in [0, 0.05) is 26.3 Å². The molecule has 8 nitrogen and oxygen atoms in total. The molecule has 13 heteroatoms. The van der Waals surface area contributed by atoms with Gasteiger partial charge in [0.1, 0.15) is 28.6 Å². The van der Waals surface area contributed by atoms with E-state index in [9.17, 15) is 5.11 Å². The van der Waals surface area contributed by atoms with E-state index >= 15 is 0 Å². The summed E-state index contributed by atoms with van der Waals surface area (Å²) in [6, 6.07) is 12.0. The number of benzene rings is 2. The molecule has 4 aromatic rings. The van der Waals surface area contributed by atoms with Crippen molar-refractivity contribution in [1.29, 1.82) is 0 Å². The molecule has 2 aromatic heterocycles. The van der Waals surface area contributed by atoms with Crippen molar-refractivity contribution in [3.63, 3.8) is 0 Å². The zero-order valence-corrected chi connectivity index (χ0v) is 24.2. The second-order valence-corrected chi connectivity index (χ2v) is 11.3. The summed E-state index contributed by atoms with van der Waals surface area (Å²) in [4.78, 5) is 8.31. The lowest BCUT2D eigenvalue weighted by atomic mass is 9.96. The van der Waals surface area contributed by atoms with E-state index in [4.69, 9.17) is 77.9 Å². The summed E-state index contributed by atoms with van der Waals surface area (Å²) >= 11 is 31.0. The number of nitrogens with zero attached hydrogens (tertiary/aromatic N) is 3. The summed E-state index contributed by atoms with van der Waals surface area (Å²) in [6.07, 6.45) is -0.733. The van der Waals surface area contributed by atoms with Crippen LogP contribution in [0.25, 0.3) is 11.0 Å². The standard InChI is InChI=1S/C26H23Cl5N4O4/c1-26(36)21(38-11-14-3-5-16(28)9-19(14)30)20(12-37-10-13-2-4-15(27)8-18(13)29)39-24(26)35-7-6-17-22(31)33-25(32)34-23(17)35/h2-9,20-21,24,36H,10-12H2,1H3,(H2,32,33,34)/t20-,21-,24-,26-/m1/s1. The van der Waals surface area contributed by atoms with Crippen molar-refractivity contribution in [3.8, 4) is 0 Å². The zero-order chi connectivity index (χ0) is 27.9. The molecule has 1 saturated heterocycles. The Morgan fingerprint density at radius 1 is 0.974 bits per heavy atom. The fourth-order valence-corrected chi connectivity index (χ4v) is 5.75. The molecule has 4 atom stereocenters. The SMILES string of the molecule is C[C@@]1(O)[C@H](OCc2ccc(Cl)cc2Cl)[C@@H](COCc2ccc(Cl)cc2Cl)O[C@H]1n1ccc2c(Cl)nc(N)nc21. The van der Waals surface area contributed by atoms with Gasteiger partial charge in [0.15, 0.2) is 6.23 Å². The van der Waals surface area contributed by atoms with Crippen LogP contribution < -0.4 is 5.73 Å². The molecule has 1 aliphatic rings. The van der Waals surface area contributed by atoms with Crippen LogP contribution in [0.3, 0.4) is 0 Å². The van der Waals surface area contributed by atoms with Crippen molar-refractivity contribution in [1.82, 2.24) is 14.5 Å². The van der Waals surface area contributed by atoms with Gasteiger partial charge >= 0.3 is 0 Å². The maximum absolute atomic E-state index is 11.8. The van der Waals surface area contributed by atoms with Crippen molar-refractivity contribution < 1.29 is 19.3 Å². The summed E-state index contributed by atoms with van der Waals surface area (Å²) in [5.41, 5.74) is 6.17. The predicted molar refractivity (Wildman–Crippen MR) is 153 cm³/mol. The van der Waals surface area contributed by atoms with Crippen LogP contribution in [-0.4, -0.2) is 44.1 Å². The Kier molecular flexibility index (Phi) is 8.50. The van der Waals surface area contributed by atoms with E-state index in [1.54, 1.807) is 60.2 Å². The maximum Gasteiger partial charge on any atom is 0.223 e. The Labute approximate surface area is 249 Å². The highest BCUT2D eigenvalue weighted by atomic mass is 35.5. The molecule has 0 spiro atoms. The first kappa shape index (κ1) is 28.7. The van der Waals surface area contributed by atoms with Crippen LogP contribution in [0, 0.1) is 0 Å². The van der Waals surface area contributed by atoms with Crippen molar-refractivity contribution >= 4 is 75.0 Å². The van der Waals surface area contributed by atoms with E-state index in [-0.39, 0.29) is 30.9 Å². The normalized spacial score (nSPS) is 23.1. The lowest BCUT2D eigenvalue weighted by molar-refractivity contribution is -0.114. The smallest absolute Gasteiger partial charge is 0.223 e. The zero-order valence-electron chi connectivity index (χ0n) is 20.5. The first-order chi connectivity index (χ1) is 18.5. The number of nitrogens with two attached hydrogens (primary N) is 1. The van der Waals surface area contributed by atoms with E-state index in [1.807, 2.05) is 0 Å². The van der Waals surface area contributed by atoms with Gasteiger partial charge in [-0.15, -0.1) is 0 Å². The molecule has 0 radical (unpaired) electrons. The molecule has 0 saturated carbocycles. The first-order valence-corrected chi connectivity index (χ1v) is 13.7. The van der Waals surface area contributed by atoms with Gasteiger partial charge in [0.25, 0.3) is 0 Å². The number of halogens is 5. The number of hydrogen-bond donors (Lipinski definition) is 2. The molecule has 0 aliphatic carbocycles. The molecule has 206 valence electrons. The molecule has 0 bridgehead atoms. The summed E-state index contributed by atoms with van der Waals surface area (Å²) in [7, 11) is 0. The van der Waals surface area contributed by atoms with Gasteiger partial charge in [-0.25, -0.2) is 4.98 Å². The molecule has 3 N–H and O–H groups in total. The minimum Gasteiger partial charge on any atom is -0.383 e. The molecule has 3 heterocycles. The number of aromatic nitrogens is 3. The van der Waals surface area contributed by atoms with Crippen LogP contribution in [0.15, 0.2) is 48.7 Å². The van der Waals surface area contributed by atoms with Crippen LogP contribution in [0.4, 0.5) is 5.95 Å². The minimum absolute atomic E-state index is 0.00463. The van der Waals surface area contributed by atoms with E-state index in [1.165, 1.54) is 0 Å². The summed E-state index contributed by atoms with van der Waals surface area (Å²) < 4.78 is 20.2. The number of anilines is 1. The molecular formula is C26H23Cl5N4O4. The molecule has 1 fully saturated rings. The average Bonchev–Trinajstić information content (AvgIpc) is 3.38. The van der Waals surface area contributed by atoms with Gasteiger partial charge < -0.3 is 29.6 Å². The van der Waals surface area contributed by atoms with Crippen molar-refractivity contribution in [3.05, 3.63) is 85.0 Å². The third kappa shape index (κ3) is 5.95. The second-order valence-electron chi connectivity index (χ2n) is 9.30. The van der Waals surface area contributed by atoms with Crippen molar-refractivity contribution in [2.45, 2.75) is 44.2 Å². The number of nitrogen functional groups attached to an aromatic ring is 1. The van der Waals surface area contributed by atoms with Gasteiger partial charge in [-0.05, 0) is 48.4 Å². The Balaban J connectivity index is 1.42. The van der Waals surface area contributed by atoms with Crippen LogP contribution in [0.2, 0.25) is 25.2 Å². The van der Waals surface area contributed by atoms with Crippen LogP contribution >= 0.6 is 58.0 Å².